The SMILES string of the molecule is C[C@H]1CCC(c2ccccc2)(c2ccccc2)[C@H]1N. The van der Waals surface area contributed by atoms with Crippen molar-refractivity contribution in [2.24, 2.45) is 11.7 Å². The molecular formula is C18H21N. The zero-order valence-electron chi connectivity index (χ0n) is 11.4. The Morgan fingerprint density at radius 1 is 0.895 bits per heavy atom. The average Bonchev–Trinajstić information content (AvgIpc) is 2.78. The molecule has 1 nitrogen and oxygen atoms in total. The van der Waals surface area contributed by atoms with Gasteiger partial charge in [-0.1, -0.05) is 67.6 Å². The van der Waals surface area contributed by atoms with E-state index in [2.05, 4.69) is 67.6 Å². The maximum Gasteiger partial charge on any atom is 0.0356 e. The summed E-state index contributed by atoms with van der Waals surface area (Å²) in [5.74, 6) is 0.570. The molecule has 0 saturated heterocycles. The van der Waals surface area contributed by atoms with Crippen LogP contribution in [0, 0.1) is 5.92 Å². The van der Waals surface area contributed by atoms with Crippen LogP contribution in [0.4, 0.5) is 0 Å². The second kappa shape index (κ2) is 4.82. The molecule has 0 radical (unpaired) electrons. The van der Waals surface area contributed by atoms with Crippen molar-refractivity contribution in [3.05, 3.63) is 71.8 Å². The number of rotatable bonds is 2. The highest BCUT2D eigenvalue weighted by molar-refractivity contribution is 5.43. The minimum atomic E-state index is -0.0120. The summed E-state index contributed by atoms with van der Waals surface area (Å²) in [6, 6.07) is 21.7. The first-order valence-corrected chi connectivity index (χ1v) is 7.12. The Morgan fingerprint density at radius 3 is 1.74 bits per heavy atom. The summed E-state index contributed by atoms with van der Waals surface area (Å²) in [7, 11) is 0. The van der Waals surface area contributed by atoms with Gasteiger partial charge in [-0.15, -0.1) is 0 Å². The van der Waals surface area contributed by atoms with E-state index in [-0.39, 0.29) is 11.5 Å². The predicted molar refractivity (Wildman–Crippen MR) is 80.0 cm³/mol. The van der Waals surface area contributed by atoms with E-state index in [1.165, 1.54) is 17.5 Å². The van der Waals surface area contributed by atoms with Gasteiger partial charge in [-0.05, 0) is 29.9 Å². The van der Waals surface area contributed by atoms with Gasteiger partial charge in [-0.25, -0.2) is 0 Å². The lowest BCUT2D eigenvalue weighted by Gasteiger charge is -2.36. The van der Waals surface area contributed by atoms with Crippen LogP contribution in [0.2, 0.25) is 0 Å². The van der Waals surface area contributed by atoms with Gasteiger partial charge in [0.25, 0.3) is 0 Å². The van der Waals surface area contributed by atoms with E-state index in [4.69, 9.17) is 5.73 Å². The number of benzene rings is 2. The largest absolute Gasteiger partial charge is 0.326 e. The van der Waals surface area contributed by atoms with Gasteiger partial charge < -0.3 is 5.73 Å². The second-order valence-electron chi connectivity index (χ2n) is 5.75. The summed E-state index contributed by atoms with van der Waals surface area (Å²) in [5.41, 5.74) is 9.33. The molecule has 1 aliphatic carbocycles. The second-order valence-corrected chi connectivity index (χ2v) is 5.75. The van der Waals surface area contributed by atoms with Crippen LogP contribution in [0.1, 0.15) is 30.9 Å². The quantitative estimate of drug-likeness (QED) is 0.864. The van der Waals surface area contributed by atoms with Crippen molar-refractivity contribution in [1.82, 2.24) is 0 Å². The summed E-state index contributed by atoms with van der Waals surface area (Å²) in [5, 5.41) is 0. The molecule has 1 aliphatic rings. The van der Waals surface area contributed by atoms with Gasteiger partial charge in [0, 0.05) is 11.5 Å². The molecule has 1 saturated carbocycles. The molecular weight excluding hydrogens is 230 g/mol. The van der Waals surface area contributed by atoms with Crippen molar-refractivity contribution in [2.45, 2.75) is 31.2 Å². The first-order chi connectivity index (χ1) is 9.25. The lowest BCUT2D eigenvalue weighted by atomic mass is 9.70. The van der Waals surface area contributed by atoms with Crippen molar-refractivity contribution >= 4 is 0 Å². The highest BCUT2D eigenvalue weighted by atomic mass is 14.7. The fourth-order valence-corrected chi connectivity index (χ4v) is 3.60. The van der Waals surface area contributed by atoms with Crippen LogP contribution in [0.5, 0.6) is 0 Å². The zero-order valence-corrected chi connectivity index (χ0v) is 11.4. The molecule has 2 N–H and O–H groups in total. The monoisotopic (exact) mass is 251 g/mol. The molecule has 0 amide bonds. The molecule has 1 heteroatoms. The van der Waals surface area contributed by atoms with E-state index >= 15 is 0 Å². The Bertz CT molecular complexity index is 493. The normalized spacial score (nSPS) is 25.4. The topological polar surface area (TPSA) is 26.0 Å². The maximum absolute atomic E-state index is 6.62. The molecule has 1 fully saturated rings. The molecule has 0 aliphatic heterocycles. The third-order valence-corrected chi connectivity index (χ3v) is 4.75. The van der Waals surface area contributed by atoms with Crippen LogP contribution in [-0.2, 0) is 5.41 Å². The van der Waals surface area contributed by atoms with Crippen molar-refractivity contribution in [3.63, 3.8) is 0 Å². The maximum atomic E-state index is 6.62. The van der Waals surface area contributed by atoms with Gasteiger partial charge in [0.15, 0.2) is 0 Å². The minimum absolute atomic E-state index is 0.0120. The summed E-state index contributed by atoms with van der Waals surface area (Å²) in [4.78, 5) is 0. The third-order valence-electron chi connectivity index (χ3n) is 4.75. The molecule has 3 rings (SSSR count). The Labute approximate surface area is 115 Å². The van der Waals surface area contributed by atoms with Gasteiger partial charge in [0.1, 0.15) is 0 Å². The van der Waals surface area contributed by atoms with Gasteiger partial charge in [-0.3, -0.25) is 0 Å². The fourth-order valence-electron chi connectivity index (χ4n) is 3.60. The van der Waals surface area contributed by atoms with Crippen LogP contribution < -0.4 is 5.73 Å². The lowest BCUT2D eigenvalue weighted by molar-refractivity contribution is 0.418. The van der Waals surface area contributed by atoms with E-state index in [9.17, 15) is 0 Å². The van der Waals surface area contributed by atoms with Crippen LogP contribution in [0.3, 0.4) is 0 Å². The highest BCUT2D eigenvalue weighted by Crippen LogP contribution is 2.47. The predicted octanol–water partition coefficient (Wildman–Crippen LogP) is 3.73. The summed E-state index contributed by atoms with van der Waals surface area (Å²) < 4.78 is 0. The Kier molecular flexibility index (Phi) is 3.16. The number of hydrogen-bond donors (Lipinski definition) is 1. The summed E-state index contributed by atoms with van der Waals surface area (Å²) in [6.45, 7) is 2.28. The van der Waals surface area contributed by atoms with Gasteiger partial charge >= 0.3 is 0 Å². The Hall–Kier alpha value is -1.60. The van der Waals surface area contributed by atoms with Crippen molar-refractivity contribution in [3.8, 4) is 0 Å². The smallest absolute Gasteiger partial charge is 0.0356 e. The molecule has 0 aromatic heterocycles. The van der Waals surface area contributed by atoms with Crippen LogP contribution in [-0.4, -0.2) is 6.04 Å². The van der Waals surface area contributed by atoms with Crippen LogP contribution in [0.15, 0.2) is 60.7 Å². The van der Waals surface area contributed by atoms with Crippen molar-refractivity contribution in [2.75, 3.05) is 0 Å². The van der Waals surface area contributed by atoms with E-state index in [1.54, 1.807) is 0 Å². The van der Waals surface area contributed by atoms with E-state index in [0.717, 1.165) is 6.42 Å². The first-order valence-electron chi connectivity index (χ1n) is 7.12. The lowest BCUT2D eigenvalue weighted by Crippen LogP contribution is -2.44. The van der Waals surface area contributed by atoms with E-state index in [0.29, 0.717) is 5.92 Å². The summed E-state index contributed by atoms with van der Waals surface area (Å²) >= 11 is 0. The standard InChI is InChI=1S/C18H21N/c1-14-12-13-18(17(14)19,15-8-4-2-5-9-15)16-10-6-3-7-11-16/h2-11,14,17H,12-13,19H2,1H3/t14-,17-/m0/s1. The first kappa shape index (κ1) is 12.4. The molecule has 0 heterocycles. The molecule has 0 spiro atoms. The van der Waals surface area contributed by atoms with Crippen molar-refractivity contribution in [1.29, 1.82) is 0 Å². The molecule has 2 atom stereocenters. The highest BCUT2D eigenvalue weighted by Gasteiger charge is 2.46. The Balaban J connectivity index is 2.18. The Morgan fingerprint density at radius 2 is 1.37 bits per heavy atom. The van der Waals surface area contributed by atoms with E-state index in [1.807, 2.05) is 0 Å². The van der Waals surface area contributed by atoms with Gasteiger partial charge in [-0.2, -0.15) is 0 Å². The summed E-state index contributed by atoms with van der Waals surface area (Å²) in [6.07, 6.45) is 2.34. The molecule has 0 bridgehead atoms. The molecule has 2 aromatic rings. The number of hydrogen-bond acceptors (Lipinski definition) is 1. The average molecular weight is 251 g/mol. The molecule has 2 aromatic carbocycles. The molecule has 0 unspecified atom stereocenters. The van der Waals surface area contributed by atoms with E-state index < -0.39 is 0 Å². The number of nitrogens with two attached hydrogens (primary N) is 1. The van der Waals surface area contributed by atoms with Crippen LogP contribution in [0.25, 0.3) is 0 Å². The molecule has 98 valence electrons. The minimum Gasteiger partial charge on any atom is -0.326 e. The van der Waals surface area contributed by atoms with Gasteiger partial charge in [0.05, 0.1) is 0 Å². The van der Waals surface area contributed by atoms with Crippen LogP contribution >= 0.6 is 0 Å². The zero-order chi connectivity index (χ0) is 13.3. The molecule has 19 heavy (non-hydrogen) atoms. The fraction of sp³-hybridized carbons (Fsp3) is 0.333. The van der Waals surface area contributed by atoms with Crippen molar-refractivity contribution < 1.29 is 0 Å². The third kappa shape index (κ3) is 1.89. The van der Waals surface area contributed by atoms with Gasteiger partial charge in [0.2, 0.25) is 0 Å².